The van der Waals surface area contributed by atoms with E-state index in [1.165, 1.54) is 25.7 Å². The first kappa shape index (κ1) is 11.4. The maximum Gasteiger partial charge on any atom is 0.0593 e. The Morgan fingerprint density at radius 3 is 2.47 bits per heavy atom. The van der Waals surface area contributed by atoms with E-state index in [-0.39, 0.29) is 11.5 Å². The van der Waals surface area contributed by atoms with Crippen LogP contribution in [0.5, 0.6) is 0 Å². The maximum absolute atomic E-state index is 10.3. The van der Waals surface area contributed by atoms with E-state index in [2.05, 4.69) is 20.8 Å². The van der Waals surface area contributed by atoms with Crippen molar-refractivity contribution in [3.63, 3.8) is 0 Å². The molecule has 2 saturated carbocycles. The van der Waals surface area contributed by atoms with Crippen molar-refractivity contribution in [3.8, 4) is 0 Å². The van der Waals surface area contributed by atoms with E-state index in [0.717, 1.165) is 30.6 Å². The Morgan fingerprint density at radius 1 is 1.27 bits per heavy atom. The van der Waals surface area contributed by atoms with Crippen LogP contribution < -0.4 is 0 Å². The second-order valence-corrected chi connectivity index (χ2v) is 6.53. The summed E-state index contributed by atoms with van der Waals surface area (Å²) in [6.07, 6.45) is 7.82. The molecule has 88 valence electrons. The van der Waals surface area contributed by atoms with Crippen molar-refractivity contribution >= 4 is 0 Å². The molecule has 2 bridgehead atoms. The van der Waals surface area contributed by atoms with Crippen molar-refractivity contribution in [3.05, 3.63) is 0 Å². The van der Waals surface area contributed by atoms with Crippen LogP contribution in [0.3, 0.4) is 0 Å². The molecule has 0 aromatic carbocycles. The van der Waals surface area contributed by atoms with Crippen molar-refractivity contribution in [2.75, 3.05) is 0 Å². The molecule has 2 aliphatic carbocycles. The van der Waals surface area contributed by atoms with Gasteiger partial charge in [-0.1, -0.05) is 27.2 Å². The lowest BCUT2D eigenvalue weighted by Gasteiger charge is -2.33. The molecule has 4 unspecified atom stereocenters. The summed E-state index contributed by atoms with van der Waals surface area (Å²) in [7, 11) is 0. The Morgan fingerprint density at radius 2 is 2.00 bits per heavy atom. The number of fused-ring (bicyclic) bond motifs is 2. The Hall–Kier alpha value is -0.0400. The molecule has 0 heterocycles. The van der Waals surface area contributed by atoms with E-state index in [0.29, 0.717) is 0 Å². The normalized spacial score (nSPS) is 37.2. The first-order chi connectivity index (χ1) is 7.03. The van der Waals surface area contributed by atoms with Crippen molar-refractivity contribution in [1.82, 2.24) is 0 Å². The molecule has 1 heteroatoms. The van der Waals surface area contributed by atoms with Gasteiger partial charge in [-0.25, -0.2) is 0 Å². The number of aliphatic hydroxyl groups is 1. The molecule has 15 heavy (non-hydrogen) atoms. The van der Waals surface area contributed by atoms with Gasteiger partial charge in [0.25, 0.3) is 0 Å². The largest absolute Gasteiger partial charge is 0.393 e. The summed E-state index contributed by atoms with van der Waals surface area (Å²) in [6.45, 7) is 6.58. The van der Waals surface area contributed by atoms with Gasteiger partial charge in [0.15, 0.2) is 0 Å². The summed E-state index contributed by atoms with van der Waals surface area (Å²) in [4.78, 5) is 0. The fourth-order valence-corrected chi connectivity index (χ4v) is 3.51. The number of hydrogen-bond donors (Lipinski definition) is 1. The average Bonchev–Trinajstić information content (AvgIpc) is 2.79. The van der Waals surface area contributed by atoms with E-state index in [1.54, 1.807) is 0 Å². The van der Waals surface area contributed by atoms with Crippen LogP contribution in [0.2, 0.25) is 0 Å². The SMILES string of the molecule is CCC(C)(C)C(O)CC1CC2CCC1C2. The second-order valence-electron chi connectivity index (χ2n) is 6.53. The lowest BCUT2D eigenvalue weighted by atomic mass is 9.76. The number of hydrogen-bond acceptors (Lipinski definition) is 1. The van der Waals surface area contributed by atoms with E-state index >= 15 is 0 Å². The molecule has 2 aliphatic rings. The van der Waals surface area contributed by atoms with E-state index in [4.69, 9.17) is 0 Å². The third kappa shape index (κ3) is 2.22. The van der Waals surface area contributed by atoms with Crippen LogP contribution in [-0.2, 0) is 0 Å². The minimum absolute atomic E-state index is 0.0909. The lowest BCUT2D eigenvalue weighted by molar-refractivity contribution is 0.0198. The second kappa shape index (κ2) is 4.08. The van der Waals surface area contributed by atoms with Crippen LogP contribution in [-0.4, -0.2) is 11.2 Å². The topological polar surface area (TPSA) is 20.2 Å². The monoisotopic (exact) mass is 210 g/mol. The zero-order chi connectivity index (χ0) is 11.1. The van der Waals surface area contributed by atoms with Crippen molar-refractivity contribution in [1.29, 1.82) is 0 Å². The Bertz CT molecular complexity index is 221. The van der Waals surface area contributed by atoms with Crippen LogP contribution in [0.4, 0.5) is 0 Å². The predicted octanol–water partition coefficient (Wildman–Crippen LogP) is 3.61. The maximum atomic E-state index is 10.3. The van der Waals surface area contributed by atoms with E-state index in [1.807, 2.05) is 0 Å². The first-order valence-electron chi connectivity index (χ1n) is 6.71. The summed E-state index contributed by atoms with van der Waals surface area (Å²) in [5.74, 6) is 2.80. The average molecular weight is 210 g/mol. The summed E-state index contributed by atoms with van der Waals surface area (Å²) in [5, 5.41) is 10.3. The molecular weight excluding hydrogens is 184 g/mol. The van der Waals surface area contributed by atoms with Crippen molar-refractivity contribution in [2.45, 2.75) is 65.4 Å². The predicted molar refractivity (Wildman–Crippen MR) is 63.6 cm³/mol. The molecule has 2 fully saturated rings. The summed E-state index contributed by atoms with van der Waals surface area (Å²) in [5.41, 5.74) is 0.113. The molecule has 0 aromatic rings. The third-order valence-electron chi connectivity index (χ3n) is 5.22. The van der Waals surface area contributed by atoms with Gasteiger partial charge in [0.2, 0.25) is 0 Å². The molecule has 0 radical (unpaired) electrons. The van der Waals surface area contributed by atoms with Gasteiger partial charge in [0, 0.05) is 0 Å². The number of aliphatic hydroxyl groups excluding tert-OH is 1. The molecule has 1 nitrogen and oxygen atoms in total. The zero-order valence-electron chi connectivity index (χ0n) is 10.5. The van der Waals surface area contributed by atoms with Gasteiger partial charge in [-0.3, -0.25) is 0 Å². The van der Waals surface area contributed by atoms with Gasteiger partial charge in [-0.05, 0) is 55.3 Å². The summed E-state index contributed by atoms with van der Waals surface area (Å²) >= 11 is 0. The summed E-state index contributed by atoms with van der Waals surface area (Å²) < 4.78 is 0. The minimum Gasteiger partial charge on any atom is -0.393 e. The van der Waals surface area contributed by atoms with Crippen LogP contribution in [0.1, 0.15) is 59.3 Å². The highest BCUT2D eigenvalue weighted by atomic mass is 16.3. The molecule has 0 aliphatic heterocycles. The minimum atomic E-state index is -0.0909. The van der Waals surface area contributed by atoms with Crippen molar-refractivity contribution in [2.24, 2.45) is 23.2 Å². The van der Waals surface area contributed by atoms with Gasteiger partial charge >= 0.3 is 0 Å². The molecule has 0 aromatic heterocycles. The zero-order valence-corrected chi connectivity index (χ0v) is 10.5. The molecule has 0 spiro atoms. The van der Waals surface area contributed by atoms with Crippen LogP contribution in [0, 0.1) is 23.2 Å². The fraction of sp³-hybridized carbons (Fsp3) is 1.00. The highest BCUT2D eigenvalue weighted by Gasteiger charge is 2.41. The van der Waals surface area contributed by atoms with Gasteiger partial charge in [-0.2, -0.15) is 0 Å². The van der Waals surface area contributed by atoms with E-state index < -0.39 is 0 Å². The molecule has 0 amide bonds. The van der Waals surface area contributed by atoms with Gasteiger partial charge < -0.3 is 5.11 Å². The van der Waals surface area contributed by atoms with Gasteiger partial charge in [0.1, 0.15) is 0 Å². The Kier molecular flexibility index (Phi) is 3.12. The van der Waals surface area contributed by atoms with Crippen LogP contribution in [0.15, 0.2) is 0 Å². The van der Waals surface area contributed by atoms with E-state index in [9.17, 15) is 5.11 Å². The third-order valence-corrected chi connectivity index (χ3v) is 5.22. The fourth-order valence-electron chi connectivity index (χ4n) is 3.51. The lowest BCUT2D eigenvalue weighted by Crippen LogP contribution is -2.31. The number of rotatable bonds is 4. The van der Waals surface area contributed by atoms with Gasteiger partial charge in [0.05, 0.1) is 6.10 Å². The summed E-state index contributed by atoms with van der Waals surface area (Å²) in [6, 6.07) is 0. The van der Waals surface area contributed by atoms with Crippen LogP contribution in [0.25, 0.3) is 0 Å². The molecular formula is C14H26O. The molecule has 1 N–H and O–H groups in total. The standard InChI is InChI=1S/C14H26O/c1-4-14(2,3)13(15)9-12-8-10-5-6-11(12)7-10/h10-13,15H,4-9H2,1-3H3. The Balaban J connectivity index is 1.87. The molecule has 0 saturated heterocycles. The highest BCUT2D eigenvalue weighted by molar-refractivity contribution is 4.92. The molecule has 4 atom stereocenters. The Labute approximate surface area is 94.3 Å². The highest BCUT2D eigenvalue weighted by Crippen LogP contribution is 2.50. The van der Waals surface area contributed by atoms with Crippen LogP contribution >= 0.6 is 0 Å². The van der Waals surface area contributed by atoms with Crippen molar-refractivity contribution < 1.29 is 5.11 Å². The molecule has 2 rings (SSSR count). The smallest absolute Gasteiger partial charge is 0.0593 e. The first-order valence-corrected chi connectivity index (χ1v) is 6.71. The quantitative estimate of drug-likeness (QED) is 0.751. The van der Waals surface area contributed by atoms with Gasteiger partial charge in [-0.15, -0.1) is 0 Å².